The topological polar surface area (TPSA) is 52.6 Å². The summed E-state index contributed by atoms with van der Waals surface area (Å²) in [5.74, 6) is 1.41. The van der Waals surface area contributed by atoms with Crippen LogP contribution in [0.1, 0.15) is 24.5 Å². The fraction of sp³-hybridized carbons (Fsp3) is 0.292. The molecule has 5 nitrogen and oxygen atoms in total. The van der Waals surface area contributed by atoms with Crippen molar-refractivity contribution in [2.24, 2.45) is 0 Å². The molecule has 0 aliphatic rings. The second-order valence-corrected chi connectivity index (χ2v) is 7.16. The van der Waals surface area contributed by atoms with Gasteiger partial charge in [-0.05, 0) is 55.8 Å². The maximum Gasteiger partial charge on any atom is 0.213 e. The number of aromatic nitrogens is 1. The van der Waals surface area contributed by atoms with E-state index < -0.39 is 5.82 Å². The van der Waals surface area contributed by atoms with Crippen molar-refractivity contribution in [3.63, 3.8) is 0 Å². The van der Waals surface area contributed by atoms with E-state index in [9.17, 15) is 4.39 Å². The molecule has 0 aliphatic heterocycles. The van der Waals surface area contributed by atoms with Gasteiger partial charge in [0.25, 0.3) is 0 Å². The minimum absolute atomic E-state index is 0.0272. The zero-order valence-corrected chi connectivity index (χ0v) is 18.2. The first kappa shape index (κ1) is 22.8. The molecule has 7 heteroatoms. The van der Waals surface area contributed by atoms with E-state index in [4.69, 9.17) is 25.8 Å². The van der Waals surface area contributed by atoms with E-state index in [1.807, 2.05) is 43.3 Å². The van der Waals surface area contributed by atoms with Crippen LogP contribution >= 0.6 is 11.6 Å². The summed E-state index contributed by atoms with van der Waals surface area (Å²) in [7, 11) is 0. The van der Waals surface area contributed by atoms with Gasteiger partial charge in [-0.3, -0.25) is 0 Å². The van der Waals surface area contributed by atoms with Gasteiger partial charge in [0.1, 0.15) is 12.4 Å². The lowest BCUT2D eigenvalue weighted by Gasteiger charge is -2.15. The Morgan fingerprint density at radius 1 is 1.00 bits per heavy atom. The Labute approximate surface area is 187 Å². The third-order valence-corrected chi connectivity index (χ3v) is 4.81. The number of pyridine rings is 1. The van der Waals surface area contributed by atoms with Crippen LogP contribution in [0.3, 0.4) is 0 Å². The van der Waals surface area contributed by atoms with Gasteiger partial charge in [-0.15, -0.1) is 0 Å². The van der Waals surface area contributed by atoms with Gasteiger partial charge < -0.3 is 19.5 Å². The molecule has 0 amide bonds. The lowest BCUT2D eigenvalue weighted by atomic mass is 10.2. The predicted octanol–water partition coefficient (Wildman–Crippen LogP) is 5.41. The number of nitrogens with one attached hydrogen (secondary N) is 1. The van der Waals surface area contributed by atoms with Gasteiger partial charge in [0.15, 0.2) is 11.5 Å². The average Bonchev–Trinajstić information content (AvgIpc) is 2.78. The molecule has 164 valence electrons. The second kappa shape index (κ2) is 12.1. The van der Waals surface area contributed by atoms with Crippen LogP contribution in [0.4, 0.5) is 4.39 Å². The molecule has 1 N–H and O–H groups in total. The summed E-state index contributed by atoms with van der Waals surface area (Å²) < 4.78 is 31.1. The van der Waals surface area contributed by atoms with Gasteiger partial charge in [-0.2, -0.15) is 0 Å². The third-order valence-electron chi connectivity index (χ3n) is 4.46. The normalized spacial score (nSPS) is 10.7. The third kappa shape index (κ3) is 7.12. The van der Waals surface area contributed by atoms with Crippen LogP contribution in [0.5, 0.6) is 17.4 Å². The van der Waals surface area contributed by atoms with E-state index >= 15 is 0 Å². The Kier molecular flexibility index (Phi) is 8.94. The van der Waals surface area contributed by atoms with Crippen LogP contribution in [0.2, 0.25) is 5.02 Å². The molecule has 0 spiro atoms. The van der Waals surface area contributed by atoms with Crippen molar-refractivity contribution in [2.75, 3.05) is 19.8 Å². The highest BCUT2D eigenvalue weighted by Gasteiger charge is 2.11. The molecule has 0 atom stereocenters. The number of halogens is 2. The molecule has 0 aliphatic carbocycles. The monoisotopic (exact) mass is 444 g/mol. The first-order valence-corrected chi connectivity index (χ1v) is 10.6. The number of rotatable bonds is 12. The Hall–Kier alpha value is -2.83. The van der Waals surface area contributed by atoms with Crippen molar-refractivity contribution in [3.8, 4) is 17.4 Å². The largest absolute Gasteiger partial charge is 0.490 e. The summed E-state index contributed by atoms with van der Waals surface area (Å²) in [4.78, 5) is 4.13. The molecule has 1 aromatic heterocycles. The lowest BCUT2D eigenvalue weighted by molar-refractivity contribution is 0.265. The number of benzene rings is 2. The zero-order valence-electron chi connectivity index (χ0n) is 17.4. The van der Waals surface area contributed by atoms with Crippen LogP contribution in [0.15, 0.2) is 60.8 Å². The molecule has 0 radical (unpaired) electrons. The van der Waals surface area contributed by atoms with Crippen LogP contribution < -0.4 is 19.5 Å². The maximum atomic E-state index is 14.0. The summed E-state index contributed by atoms with van der Waals surface area (Å²) in [5.41, 5.74) is 1.38. The second-order valence-electron chi connectivity index (χ2n) is 6.75. The fourth-order valence-electron chi connectivity index (χ4n) is 2.91. The molecule has 0 bridgehead atoms. The molecule has 3 aromatic rings. The molecule has 0 fully saturated rings. The molecule has 1 heterocycles. The lowest BCUT2D eigenvalue weighted by Crippen LogP contribution is -2.17. The van der Waals surface area contributed by atoms with Crippen molar-refractivity contribution in [2.45, 2.75) is 26.5 Å². The van der Waals surface area contributed by atoms with Gasteiger partial charge in [-0.1, -0.05) is 29.8 Å². The maximum absolute atomic E-state index is 14.0. The molecule has 3 rings (SSSR count). The van der Waals surface area contributed by atoms with E-state index in [2.05, 4.69) is 10.3 Å². The van der Waals surface area contributed by atoms with E-state index in [1.54, 1.807) is 18.3 Å². The molecular weight excluding hydrogens is 419 g/mol. The summed E-state index contributed by atoms with van der Waals surface area (Å²) in [6, 6.07) is 15.9. The Morgan fingerprint density at radius 2 is 1.90 bits per heavy atom. The average molecular weight is 445 g/mol. The smallest absolute Gasteiger partial charge is 0.213 e. The molecule has 0 saturated carbocycles. The van der Waals surface area contributed by atoms with E-state index in [1.165, 1.54) is 6.07 Å². The molecule has 0 unspecified atom stereocenters. The van der Waals surface area contributed by atoms with E-state index in [0.717, 1.165) is 18.5 Å². The van der Waals surface area contributed by atoms with Crippen molar-refractivity contribution < 1.29 is 18.6 Å². The number of hydrogen-bond donors (Lipinski definition) is 1. The Balaban J connectivity index is 1.48. The van der Waals surface area contributed by atoms with Gasteiger partial charge in [-0.25, -0.2) is 9.37 Å². The summed E-state index contributed by atoms with van der Waals surface area (Å²) in [6.45, 7) is 4.52. The SMILES string of the molecule is CCOc1cc(CNCCCOc2ccccn2)ccc1OCc1c(F)cccc1Cl. The Bertz CT molecular complexity index is 937. The van der Waals surface area contributed by atoms with E-state index in [0.29, 0.717) is 47.7 Å². The van der Waals surface area contributed by atoms with Crippen molar-refractivity contribution in [1.82, 2.24) is 10.3 Å². The minimum Gasteiger partial charge on any atom is -0.490 e. The molecule has 31 heavy (non-hydrogen) atoms. The van der Waals surface area contributed by atoms with Gasteiger partial charge in [0, 0.05) is 24.4 Å². The highest BCUT2D eigenvalue weighted by molar-refractivity contribution is 6.31. The summed E-state index contributed by atoms with van der Waals surface area (Å²) in [5, 5.41) is 3.72. The van der Waals surface area contributed by atoms with Gasteiger partial charge >= 0.3 is 0 Å². The summed E-state index contributed by atoms with van der Waals surface area (Å²) >= 11 is 6.08. The molecule has 2 aromatic carbocycles. The molecular formula is C24H26ClFN2O3. The van der Waals surface area contributed by atoms with Crippen molar-refractivity contribution in [3.05, 3.63) is 82.8 Å². The predicted molar refractivity (Wildman–Crippen MR) is 119 cm³/mol. The highest BCUT2D eigenvalue weighted by Crippen LogP contribution is 2.30. The van der Waals surface area contributed by atoms with Crippen LogP contribution in [-0.4, -0.2) is 24.7 Å². The standard InChI is InChI=1S/C24H26ClFN2O3/c1-2-29-23-15-18(16-27-12-6-14-30-24-9-3-4-13-28-24)10-11-22(23)31-17-19-20(25)7-5-8-21(19)26/h3-5,7-11,13,15,27H,2,6,12,14,16-17H2,1H3. The highest BCUT2D eigenvalue weighted by atomic mass is 35.5. The Morgan fingerprint density at radius 3 is 2.68 bits per heavy atom. The number of hydrogen-bond acceptors (Lipinski definition) is 5. The first-order chi connectivity index (χ1) is 15.2. The van der Waals surface area contributed by atoms with Crippen molar-refractivity contribution >= 4 is 11.6 Å². The fourth-order valence-corrected chi connectivity index (χ4v) is 3.13. The van der Waals surface area contributed by atoms with Crippen LogP contribution in [0, 0.1) is 5.82 Å². The molecule has 0 saturated heterocycles. The van der Waals surface area contributed by atoms with Crippen LogP contribution in [0.25, 0.3) is 0 Å². The van der Waals surface area contributed by atoms with E-state index in [-0.39, 0.29) is 6.61 Å². The summed E-state index contributed by atoms with van der Waals surface area (Å²) in [6.07, 6.45) is 2.57. The van der Waals surface area contributed by atoms with Crippen molar-refractivity contribution in [1.29, 1.82) is 0 Å². The number of nitrogens with zero attached hydrogens (tertiary/aromatic N) is 1. The van der Waals surface area contributed by atoms with Gasteiger partial charge in [0.2, 0.25) is 5.88 Å². The quantitative estimate of drug-likeness (QED) is 0.378. The van der Waals surface area contributed by atoms with Crippen LogP contribution in [-0.2, 0) is 13.2 Å². The number of ether oxygens (including phenoxy) is 3. The first-order valence-electron chi connectivity index (χ1n) is 10.2. The minimum atomic E-state index is -0.390. The zero-order chi connectivity index (χ0) is 21.9. The van der Waals surface area contributed by atoms with Gasteiger partial charge in [0.05, 0.1) is 18.2 Å².